The van der Waals surface area contributed by atoms with Crippen molar-refractivity contribution in [3.05, 3.63) is 75.6 Å². The van der Waals surface area contributed by atoms with Crippen molar-refractivity contribution in [2.45, 2.75) is 6.54 Å². The summed E-state index contributed by atoms with van der Waals surface area (Å²) in [4.78, 5) is 29.6. The van der Waals surface area contributed by atoms with Crippen LogP contribution in [-0.2, 0) is 11.3 Å². The predicted molar refractivity (Wildman–Crippen MR) is 116 cm³/mol. The summed E-state index contributed by atoms with van der Waals surface area (Å²) < 4.78 is 6.96. The van der Waals surface area contributed by atoms with Gasteiger partial charge in [-0.05, 0) is 29.8 Å². The molecule has 146 valence electrons. The van der Waals surface area contributed by atoms with Gasteiger partial charge in [-0.1, -0.05) is 29.8 Å². The number of ether oxygens (including phenoxy) is 1. The smallest absolute Gasteiger partial charge is 0.271 e. The number of hydrogen-bond acceptors (Lipinski definition) is 5. The fraction of sp³-hybridized carbons (Fsp3) is 0.0952. The molecule has 1 N–H and O–H groups in total. The maximum atomic E-state index is 12.8. The lowest BCUT2D eigenvalue weighted by Gasteiger charge is -2.08. The predicted octanol–water partition coefficient (Wildman–Crippen LogP) is 4.43. The third-order valence-electron chi connectivity index (χ3n) is 4.37. The van der Waals surface area contributed by atoms with Gasteiger partial charge in [0.1, 0.15) is 17.0 Å². The zero-order chi connectivity index (χ0) is 20.4. The van der Waals surface area contributed by atoms with E-state index in [4.69, 9.17) is 16.3 Å². The number of anilines is 1. The number of halogens is 1. The number of carbonyl (C=O) groups is 1. The quantitative estimate of drug-likeness (QED) is 0.513. The highest BCUT2D eigenvalue weighted by Crippen LogP contribution is 2.31. The number of nitrogens with one attached hydrogen (secondary N) is 1. The van der Waals surface area contributed by atoms with Crippen LogP contribution in [0.4, 0.5) is 5.69 Å². The maximum Gasteiger partial charge on any atom is 0.271 e. The highest BCUT2D eigenvalue weighted by Gasteiger charge is 2.14. The Morgan fingerprint density at radius 3 is 2.79 bits per heavy atom. The van der Waals surface area contributed by atoms with Crippen molar-refractivity contribution in [3.8, 4) is 16.9 Å². The van der Waals surface area contributed by atoms with Gasteiger partial charge < -0.3 is 10.1 Å². The monoisotopic (exact) mass is 425 g/mol. The molecule has 0 aliphatic heterocycles. The summed E-state index contributed by atoms with van der Waals surface area (Å²) in [5.41, 5.74) is 2.76. The fourth-order valence-electron chi connectivity index (χ4n) is 2.94. The lowest BCUT2D eigenvalue weighted by molar-refractivity contribution is -0.116. The zero-order valence-electron chi connectivity index (χ0n) is 15.4. The van der Waals surface area contributed by atoms with Gasteiger partial charge in [-0.3, -0.25) is 14.2 Å². The first-order valence-electron chi connectivity index (χ1n) is 8.71. The molecule has 2 heterocycles. The molecule has 6 nitrogen and oxygen atoms in total. The largest absolute Gasteiger partial charge is 0.497 e. The zero-order valence-corrected chi connectivity index (χ0v) is 17.0. The van der Waals surface area contributed by atoms with E-state index < -0.39 is 0 Å². The molecule has 0 aliphatic rings. The van der Waals surface area contributed by atoms with E-state index in [2.05, 4.69) is 10.3 Å². The molecule has 0 aliphatic carbocycles. The first kappa shape index (κ1) is 19.2. The molecule has 0 atom stereocenters. The van der Waals surface area contributed by atoms with Crippen LogP contribution in [0.25, 0.3) is 21.3 Å². The van der Waals surface area contributed by atoms with Crippen molar-refractivity contribution >= 4 is 44.7 Å². The minimum atomic E-state index is -0.323. The number of thiophene rings is 1. The van der Waals surface area contributed by atoms with Crippen LogP contribution in [0.15, 0.2) is 65.0 Å². The van der Waals surface area contributed by atoms with Gasteiger partial charge in [-0.25, -0.2) is 4.98 Å². The highest BCUT2D eigenvalue weighted by molar-refractivity contribution is 7.17. The van der Waals surface area contributed by atoms with E-state index in [1.165, 1.54) is 22.2 Å². The van der Waals surface area contributed by atoms with E-state index in [0.29, 0.717) is 26.7 Å². The number of hydrogen-bond donors (Lipinski definition) is 1. The molecule has 0 bridgehead atoms. The van der Waals surface area contributed by atoms with Crippen LogP contribution in [0.1, 0.15) is 0 Å². The number of amides is 1. The highest BCUT2D eigenvalue weighted by atomic mass is 35.5. The standard InChI is InChI=1S/C21H16ClN3O3S/c1-28-16-4-2-3-15(9-16)24-18(26)10-25-12-23-19-17(11-29-20(19)21(25)27)13-5-7-14(22)8-6-13/h2-9,11-12H,10H2,1H3,(H,24,26). The second-order valence-electron chi connectivity index (χ2n) is 6.29. The third-order valence-corrected chi connectivity index (χ3v) is 5.58. The number of benzene rings is 2. The number of rotatable bonds is 5. The van der Waals surface area contributed by atoms with Gasteiger partial charge in [0.2, 0.25) is 5.91 Å². The van der Waals surface area contributed by atoms with Gasteiger partial charge >= 0.3 is 0 Å². The Balaban J connectivity index is 1.58. The molecule has 0 unspecified atom stereocenters. The van der Waals surface area contributed by atoms with Gasteiger partial charge in [0, 0.05) is 27.7 Å². The van der Waals surface area contributed by atoms with Gasteiger partial charge in [-0.15, -0.1) is 11.3 Å². The Bertz CT molecular complexity index is 1250. The first-order valence-corrected chi connectivity index (χ1v) is 9.97. The van der Waals surface area contributed by atoms with Crippen LogP contribution < -0.4 is 15.6 Å². The fourth-order valence-corrected chi connectivity index (χ4v) is 4.05. The van der Waals surface area contributed by atoms with E-state index in [1.54, 1.807) is 43.5 Å². The molecular formula is C21H16ClN3O3S. The molecule has 29 heavy (non-hydrogen) atoms. The average Bonchev–Trinajstić information content (AvgIpc) is 3.15. The minimum absolute atomic E-state index is 0.132. The summed E-state index contributed by atoms with van der Waals surface area (Å²) in [6, 6.07) is 14.4. The summed E-state index contributed by atoms with van der Waals surface area (Å²) in [6.07, 6.45) is 1.40. The summed E-state index contributed by atoms with van der Waals surface area (Å²) in [5, 5.41) is 5.30. The summed E-state index contributed by atoms with van der Waals surface area (Å²) in [6.45, 7) is -0.132. The Labute approximate surface area is 175 Å². The van der Waals surface area contributed by atoms with E-state index in [1.807, 2.05) is 17.5 Å². The second-order valence-corrected chi connectivity index (χ2v) is 7.61. The number of fused-ring (bicyclic) bond motifs is 1. The van der Waals surface area contributed by atoms with Crippen LogP contribution in [0.5, 0.6) is 5.75 Å². The van der Waals surface area contributed by atoms with Crippen LogP contribution in [0, 0.1) is 0 Å². The summed E-state index contributed by atoms with van der Waals surface area (Å²) in [5.74, 6) is 0.312. The number of nitrogens with zero attached hydrogens (tertiary/aromatic N) is 2. The number of carbonyl (C=O) groups excluding carboxylic acids is 1. The molecule has 8 heteroatoms. The summed E-state index contributed by atoms with van der Waals surface area (Å²) in [7, 11) is 1.56. The van der Waals surface area contributed by atoms with Gasteiger partial charge in [0.25, 0.3) is 5.56 Å². The number of aromatic nitrogens is 2. The van der Waals surface area contributed by atoms with Crippen molar-refractivity contribution in [1.82, 2.24) is 9.55 Å². The molecule has 0 spiro atoms. The Morgan fingerprint density at radius 1 is 1.24 bits per heavy atom. The van der Waals surface area contributed by atoms with E-state index >= 15 is 0 Å². The second kappa shape index (κ2) is 8.06. The van der Waals surface area contributed by atoms with Crippen molar-refractivity contribution in [2.75, 3.05) is 12.4 Å². The molecule has 0 radical (unpaired) electrons. The number of methoxy groups -OCH3 is 1. The van der Waals surface area contributed by atoms with Crippen molar-refractivity contribution in [1.29, 1.82) is 0 Å². The van der Waals surface area contributed by atoms with E-state index in [-0.39, 0.29) is 18.0 Å². The Kier molecular flexibility index (Phi) is 5.33. The van der Waals surface area contributed by atoms with Crippen molar-refractivity contribution in [3.63, 3.8) is 0 Å². The van der Waals surface area contributed by atoms with Gasteiger partial charge in [-0.2, -0.15) is 0 Å². The average molecular weight is 426 g/mol. The van der Waals surface area contributed by atoms with Crippen molar-refractivity contribution in [2.24, 2.45) is 0 Å². The van der Waals surface area contributed by atoms with Gasteiger partial charge in [0.05, 0.1) is 19.0 Å². The molecule has 0 saturated heterocycles. The topological polar surface area (TPSA) is 73.2 Å². The molecule has 4 rings (SSSR count). The van der Waals surface area contributed by atoms with E-state index in [9.17, 15) is 9.59 Å². The van der Waals surface area contributed by atoms with Gasteiger partial charge in [0.15, 0.2) is 0 Å². The van der Waals surface area contributed by atoms with Crippen LogP contribution >= 0.6 is 22.9 Å². The molecule has 2 aromatic heterocycles. The normalized spacial score (nSPS) is 10.8. The van der Waals surface area contributed by atoms with Crippen LogP contribution in [0.3, 0.4) is 0 Å². The molecule has 1 amide bonds. The van der Waals surface area contributed by atoms with Crippen molar-refractivity contribution < 1.29 is 9.53 Å². The molecule has 0 saturated carbocycles. The van der Waals surface area contributed by atoms with E-state index in [0.717, 1.165) is 11.1 Å². The lowest BCUT2D eigenvalue weighted by Crippen LogP contribution is -2.27. The molecule has 4 aromatic rings. The minimum Gasteiger partial charge on any atom is -0.497 e. The lowest BCUT2D eigenvalue weighted by atomic mass is 10.1. The van der Waals surface area contributed by atoms with Crippen LogP contribution in [-0.4, -0.2) is 22.6 Å². The third kappa shape index (κ3) is 4.01. The van der Waals surface area contributed by atoms with Crippen LogP contribution in [0.2, 0.25) is 5.02 Å². The SMILES string of the molecule is COc1cccc(NC(=O)Cn2cnc3c(-c4ccc(Cl)cc4)csc3c2=O)c1. The molecular weight excluding hydrogens is 410 g/mol. The Morgan fingerprint density at radius 2 is 2.03 bits per heavy atom. The molecule has 2 aromatic carbocycles. The first-order chi connectivity index (χ1) is 14.0. The molecule has 0 fully saturated rings. The Hall–Kier alpha value is -3.16. The maximum absolute atomic E-state index is 12.8. The summed E-state index contributed by atoms with van der Waals surface area (Å²) >= 11 is 7.26.